The van der Waals surface area contributed by atoms with Gasteiger partial charge >= 0.3 is 0 Å². The van der Waals surface area contributed by atoms with Crippen LogP contribution in [0.3, 0.4) is 0 Å². The van der Waals surface area contributed by atoms with E-state index in [0.717, 1.165) is 4.90 Å². The van der Waals surface area contributed by atoms with Crippen molar-refractivity contribution in [3.63, 3.8) is 0 Å². The minimum atomic E-state index is -0.668. The summed E-state index contributed by atoms with van der Waals surface area (Å²) in [5.74, 6) is -0.399. The summed E-state index contributed by atoms with van der Waals surface area (Å²) in [6.45, 7) is 1.89. The van der Waals surface area contributed by atoms with Gasteiger partial charge in [-0.15, -0.1) is 0 Å². The Morgan fingerprint density at radius 1 is 1.11 bits per heavy atom. The lowest BCUT2D eigenvalue weighted by Gasteiger charge is -2.30. The van der Waals surface area contributed by atoms with Gasteiger partial charge in [-0.25, -0.2) is 9.88 Å². The fraction of sp³-hybridized carbons (Fsp3) is 0.143. The van der Waals surface area contributed by atoms with Gasteiger partial charge in [-0.1, -0.05) is 24.3 Å². The topological polar surface area (TPSA) is 75.8 Å². The zero-order chi connectivity index (χ0) is 18.8. The van der Waals surface area contributed by atoms with Crippen molar-refractivity contribution >= 4 is 23.8 Å². The van der Waals surface area contributed by atoms with Gasteiger partial charge in [-0.3, -0.25) is 14.6 Å². The van der Waals surface area contributed by atoms with Crippen LogP contribution in [-0.4, -0.2) is 23.0 Å². The summed E-state index contributed by atoms with van der Waals surface area (Å²) in [7, 11) is 0. The van der Waals surface area contributed by atoms with Gasteiger partial charge in [0.05, 0.1) is 12.2 Å². The maximum absolute atomic E-state index is 13.1. The molecule has 0 saturated carbocycles. The van der Waals surface area contributed by atoms with E-state index in [1.165, 1.54) is 0 Å². The molecule has 2 atom stereocenters. The van der Waals surface area contributed by atoms with E-state index >= 15 is 0 Å². The number of furan rings is 1. The zero-order valence-electron chi connectivity index (χ0n) is 14.6. The fourth-order valence-corrected chi connectivity index (χ4v) is 3.12. The third kappa shape index (κ3) is 3.06. The number of imide groups is 1. The van der Waals surface area contributed by atoms with E-state index in [9.17, 15) is 9.59 Å². The first-order valence-electron chi connectivity index (χ1n) is 8.62. The van der Waals surface area contributed by atoms with E-state index in [1.807, 2.05) is 19.1 Å². The second-order valence-corrected chi connectivity index (χ2v) is 6.22. The summed E-state index contributed by atoms with van der Waals surface area (Å²) >= 11 is 0. The van der Waals surface area contributed by atoms with Crippen molar-refractivity contribution in [3.8, 4) is 0 Å². The van der Waals surface area contributed by atoms with Gasteiger partial charge in [0.2, 0.25) is 5.91 Å². The molecule has 1 unspecified atom stereocenters. The SMILES string of the molecule is C[C@@H](N=CC1C(=O)N(c2ccccn2)C(=O)c2ccccc21)c1ccco1. The third-order valence-corrected chi connectivity index (χ3v) is 4.51. The molecule has 0 radical (unpaired) electrons. The van der Waals surface area contributed by atoms with Gasteiger partial charge in [0.1, 0.15) is 17.6 Å². The quantitative estimate of drug-likeness (QED) is 0.525. The van der Waals surface area contributed by atoms with Gasteiger partial charge < -0.3 is 4.42 Å². The monoisotopic (exact) mass is 359 g/mol. The van der Waals surface area contributed by atoms with Crippen molar-refractivity contribution < 1.29 is 14.0 Å². The van der Waals surface area contributed by atoms with Crippen LogP contribution < -0.4 is 4.90 Å². The summed E-state index contributed by atoms with van der Waals surface area (Å²) in [5, 5.41) is 0. The number of benzene rings is 1. The number of aromatic nitrogens is 1. The van der Waals surface area contributed by atoms with E-state index in [1.54, 1.807) is 61.1 Å². The molecule has 0 bridgehead atoms. The molecule has 0 aliphatic carbocycles. The molecule has 4 rings (SSSR count). The molecular formula is C21H17N3O3. The second-order valence-electron chi connectivity index (χ2n) is 6.22. The molecule has 3 aromatic rings. The van der Waals surface area contributed by atoms with Gasteiger partial charge in [0.15, 0.2) is 0 Å². The number of amides is 2. The Hall–Kier alpha value is -3.54. The Bertz CT molecular complexity index is 997. The molecule has 0 saturated heterocycles. The predicted octanol–water partition coefficient (Wildman–Crippen LogP) is 3.78. The summed E-state index contributed by atoms with van der Waals surface area (Å²) in [5.41, 5.74) is 1.12. The summed E-state index contributed by atoms with van der Waals surface area (Å²) in [6.07, 6.45) is 4.74. The Labute approximate surface area is 156 Å². The molecule has 27 heavy (non-hydrogen) atoms. The van der Waals surface area contributed by atoms with Crippen LogP contribution in [0.4, 0.5) is 5.82 Å². The summed E-state index contributed by atoms with van der Waals surface area (Å²) in [4.78, 5) is 35.8. The molecule has 1 aliphatic heterocycles. The van der Waals surface area contributed by atoms with E-state index in [-0.39, 0.29) is 17.9 Å². The molecule has 0 spiro atoms. The minimum absolute atomic E-state index is 0.235. The third-order valence-electron chi connectivity index (χ3n) is 4.51. The number of aliphatic imine (C=N–C) groups is 1. The van der Waals surface area contributed by atoms with Crippen LogP contribution in [-0.2, 0) is 4.79 Å². The van der Waals surface area contributed by atoms with Gasteiger partial charge in [0, 0.05) is 18.0 Å². The Balaban J connectivity index is 1.74. The smallest absolute Gasteiger partial charge is 0.266 e. The lowest BCUT2D eigenvalue weighted by molar-refractivity contribution is -0.118. The highest BCUT2D eigenvalue weighted by Gasteiger charge is 2.39. The van der Waals surface area contributed by atoms with Crippen LogP contribution >= 0.6 is 0 Å². The second kappa shape index (κ2) is 6.99. The Kier molecular flexibility index (Phi) is 4.38. The molecule has 0 N–H and O–H groups in total. The van der Waals surface area contributed by atoms with Crippen LogP contribution in [0, 0.1) is 0 Å². The number of rotatable bonds is 4. The molecule has 134 valence electrons. The van der Waals surface area contributed by atoms with E-state index in [2.05, 4.69) is 9.98 Å². The van der Waals surface area contributed by atoms with Crippen LogP contribution in [0.25, 0.3) is 0 Å². The number of fused-ring (bicyclic) bond motifs is 1. The number of carbonyl (C=O) groups is 2. The van der Waals surface area contributed by atoms with Crippen LogP contribution in [0.1, 0.15) is 40.6 Å². The molecule has 6 heteroatoms. The van der Waals surface area contributed by atoms with Gasteiger partial charge in [-0.2, -0.15) is 0 Å². The molecule has 2 amide bonds. The van der Waals surface area contributed by atoms with Crippen molar-refractivity contribution in [3.05, 3.63) is 83.9 Å². The van der Waals surface area contributed by atoms with Crippen molar-refractivity contribution in [1.82, 2.24) is 4.98 Å². The maximum Gasteiger partial charge on any atom is 0.266 e. The lowest BCUT2D eigenvalue weighted by Crippen LogP contribution is -2.46. The normalized spacial score (nSPS) is 18.0. The Morgan fingerprint density at radius 3 is 2.67 bits per heavy atom. The highest BCUT2D eigenvalue weighted by molar-refractivity contribution is 6.28. The fourth-order valence-electron chi connectivity index (χ4n) is 3.12. The maximum atomic E-state index is 13.1. The molecule has 2 aromatic heterocycles. The summed E-state index contributed by atoms with van der Waals surface area (Å²) in [6, 6.07) is 15.6. The largest absolute Gasteiger partial charge is 0.467 e. The Morgan fingerprint density at radius 2 is 1.93 bits per heavy atom. The van der Waals surface area contributed by atoms with Crippen LogP contribution in [0.2, 0.25) is 0 Å². The van der Waals surface area contributed by atoms with Crippen LogP contribution in [0.15, 0.2) is 76.5 Å². The van der Waals surface area contributed by atoms with Gasteiger partial charge in [0.25, 0.3) is 5.91 Å². The average molecular weight is 359 g/mol. The van der Waals surface area contributed by atoms with Crippen molar-refractivity contribution in [1.29, 1.82) is 0 Å². The van der Waals surface area contributed by atoms with Crippen LogP contribution in [0.5, 0.6) is 0 Å². The highest BCUT2D eigenvalue weighted by Crippen LogP contribution is 2.31. The van der Waals surface area contributed by atoms with Crippen molar-refractivity contribution in [2.45, 2.75) is 18.9 Å². The lowest BCUT2D eigenvalue weighted by atomic mass is 9.89. The highest BCUT2D eigenvalue weighted by atomic mass is 16.3. The molecule has 3 heterocycles. The number of hydrogen-bond donors (Lipinski definition) is 0. The first-order chi connectivity index (χ1) is 13.2. The number of hydrogen-bond acceptors (Lipinski definition) is 5. The molecule has 1 aromatic carbocycles. The van der Waals surface area contributed by atoms with Gasteiger partial charge in [-0.05, 0) is 42.8 Å². The number of pyridine rings is 1. The first-order valence-corrected chi connectivity index (χ1v) is 8.62. The average Bonchev–Trinajstić information content (AvgIpc) is 3.24. The van der Waals surface area contributed by atoms with E-state index in [4.69, 9.17) is 4.42 Å². The first kappa shape index (κ1) is 16.9. The van der Waals surface area contributed by atoms with E-state index < -0.39 is 5.92 Å². The minimum Gasteiger partial charge on any atom is -0.467 e. The van der Waals surface area contributed by atoms with Crippen molar-refractivity contribution in [2.24, 2.45) is 4.99 Å². The molecule has 0 fully saturated rings. The standard InChI is InChI=1S/C21H17N3O3/c1-14(18-9-6-12-27-18)23-13-17-15-7-2-3-8-16(15)20(25)24(21(17)26)19-10-4-5-11-22-19/h2-14,17H,1H3/t14-,17?/m1/s1. The zero-order valence-corrected chi connectivity index (χ0v) is 14.6. The number of anilines is 1. The predicted molar refractivity (Wildman–Crippen MR) is 101 cm³/mol. The molecular weight excluding hydrogens is 342 g/mol. The molecule has 1 aliphatic rings. The van der Waals surface area contributed by atoms with Crippen molar-refractivity contribution in [2.75, 3.05) is 4.90 Å². The van der Waals surface area contributed by atoms with E-state index in [0.29, 0.717) is 22.7 Å². The summed E-state index contributed by atoms with van der Waals surface area (Å²) < 4.78 is 5.37. The number of nitrogens with zero attached hydrogens (tertiary/aromatic N) is 3. The molecule has 6 nitrogen and oxygen atoms in total. The number of carbonyl (C=O) groups excluding carboxylic acids is 2.